The van der Waals surface area contributed by atoms with Crippen LogP contribution in [0.3, 0.4) is 0 Å². The van der Waals surface area contributed by atoms with Gasteiger partial charge in [0.15, 0.2) is 6.61 Å². The number of halogens is 1. The van der Waals surface area contributed by atoms with Gasteiger partial charge >= 0.3 is 5.97 Å². The molecule has 1 aliphatic heterocycles. The number of hydrogen-bond donors (Lipinski definition) is 0. The van der Waals surface area contributed by atoms with Crippen molar-refractivity contribution in [3.8, 4) is 11.8 Å². The van der Waals surface area contributed by atoms with Crippen molar-refractivity contribution in [3.05, 3.63) is 64.7 Å². The maximum atomic E-state index is 12.8. The molecule has 0 bridgehead atoms. The summed E-state index contributed by atoms with van der Waals surface area (Å²) < 4.78 is 36.9. The molecule has 0 unspecified atom stereocenters. The number of carbonyl (C=O) groups is 2. The Balaban J connectivity index is 1.53. The number of sulfonamides is 1. The largest absolute Gasteiger partial charge is 0.497 e. The number of ether oxygens (including phenoxy) is 2. The molecule has 0 aliphatic carbocycles. The highest BCUT2D eigenvalue weighted by Gasteiger charge is 2.30. The maximum absolute atomic E-state index is 12.8. The van der Waals surface area contributed by atoms with Crippen molar-refractivity contribution < 1.29 is 27.5 Å². The van der Waals surface area contributed by atoms with Gasteiger partial charge in [-0.2, -0.15) is 9.57 Å². The number of piperazine rings is 1. The molecule has 1 amide bonds. The second-order valence-corrected chi connectivity index (χ2v) is 9.63. The highest BCUT2D eigenvalue weighted by molar-refractivity contribution is 7.89. The summed E-state index contributed by atoms with van der Waals surface area (Å²) in [5.41, 5.74) is 0.343. The summed E-state index contributed by atoms with van der Waals surface area (Å²) in [6, 6.07) is 14.3. The Kier molecular flexibility index (Phi) is 8.28. The molecule has 9 nitrogen and oxygen atoms in total. The predicted octanol–water partition coefficient (Wildman–Crippen LogP) is 2.33. The van der Waals surface area contributed by atoms with Crippen molar-refractivity contribution in [2.75, 3.05) is 39.9 Å². The quantitative estimate of drug-likeness (QED) is 0.323. The number of methoxy groups -OCH3 is 1. The lowest BCUT2D eigenvalue weighted by Gasteiger charge is -2.33. The molecule has 0 spiro atoms. The molecule has 178 valence electrons. The van der Waals surface area contributed by atoms with Gasteiger partial charge in [-0.25, -0.2) is 13.2 Å². The Bertz CT molecular complexity index is 1210. The van der Waals surface area contributed by atoms with E-state index in [1.54, 1.807) is 30.3 Å². The Hall–Kier alpha value is -3.39. The summed E-state index contributed by atoms with van der Waals surface area (Å²) in [4.78, 5) is 26.2. The smallest absolute Gasteiger partial charge is 0.349 e. The van der Waals surface area contributed by atoms with E-state index in [1.807, 2.05) is 0 Å². The van der Waals surface area contributed by atoms with Crippen LogP contribution in [0.2, 0.25) is 5.02 Å². The Labute approximate surface area is 202 Å². The molecule has 0 aromatic heterocycles. The monoisotopic (exact) mass is 503 g/mol. The lowest BCUT2D eigenvalue weighted by atomic mass is 10.1. The van der Waals surface area contributed by atoms with E-state index >= 15 is 0 Å². The SMILES string of the molecule is COc1ccc(/C=C(\C#N)C(=O)OCC(=O)N2CCN(S(=O)(=O)c3ccc(Cl)cc3)CC2)cc1. The lowest BCUT2D eigenvalue weighted by Crippen LogP contribution is -2.51. The van der Waals surface area contributed by atoms with Crippen molar-refractivity contribution in [1.29, 1.82) is 5.26 Å². The van der Waals surface area contributed by atoms with E-state index in [0.29, 0.717) is 16.3 Å². The molecule has 1 saturated heterocycles. The van der Waals surface area contributed by atoms with Gasteiger partial charge < -0.3 is 14.4 Å². The number of benzene rings is 2. The molecule has 0 radical (unpaired) electrons. The number of nitriles is 1. The molecule has 2 aromatic rings. The topological polar surface area (TPSA) is 117 Å². The molecule has 1 heterocycles. The molecule has 3 rings (SSSR count). The molecular formula is C23H22ClN3O6S. The highest BCUT2D eigenvalue weighted by atomic mass is 35.5. The van der Waals surface area contributed by atoms with Crippen molar-refractivity contribution in [1.82, 2.24) is 9.21 Å². The van der Waals surface area contributed by atoms with E-state index in [-0.39, 0.29) is 36.6 Å². The van der Waals surface area contributed by atoms with Gasteiger partial charge in [0.2, 0.25) is 10.0 Å². The fourth-order valence-electron chi connectivity index (χ4n) is 3.23. The van der Waals surface area contributed by atoms with E-state index in [2.05, 4.69) is 0 Å². The number of rotatable bonds is 7. The van der Waals surface area contributed by atoms with Crippen LogP contribution >= 0.6 is 11.6 Å². The predicted molar refractivity (Wildman–Crippen MR) is 124 cm³/mol. The van der Waals surface area contributed by atoms with Gasteiger partial charge in [0.1, 0.15) is 17.4 Å². The first-order valence-corrected chi connectivity index (χ1v) is 12.0. The van der Waals surface area contributed by atoms with Gasteiger partial charge in [0.25, 0.3) is 5.91 Å². The van der Waals surface area contributed by atoms with Crippen LogP contribution in [0.1, 0.15) is 5.56 Å². The second kappa shape index (κ2) is 11.2. The van der Waals surface area contributed by atoms with Crippen LogP contribution in [0.4, 0.5) is 0 Å². The van der Waals surface area contributed by atoms with Crippen LogP contribution in [0.25, 0.3) is 6.08 Å². The second-order valence-electron chi connectivity index (χ2n) is 7.26. The summed E-state index contributed by atoms with van der Waals surface area (Å²) in [6.07, 6.45) is 1.35. The Morgan fingerprint density at radius 2 is 1.68 bits per heavy atom. The Morgan fingerprint density at radius 3 is 2.24 bits per heavy atom. The first kappa shape index (κ1) is 25.2. The summed E-state index contributed by atoms with van der Waals surface area (Å²) in [6.45, 7) is -0.0483. The third-order valence-electron chi connectivity index (χ3n) is 5.14. The van der Waals surface area contributed by atoms with Crippen LogP contribution in [-0.2, 0) is 24.3 Å². The van der Waals surface area contributed by atoms with Crippen LogP contribution in [0.5, 0.6) is 5.75 Å². The number of nitrogens with zero attached hydrogens (tertiary/aromatic N) is 3. The third-order valence-corrected chi connectivity index (χ3v) is 7.30. The summed E-state index contributed by atoms with van der Waals surface area (Å²) in [5.74, 6) is -0.765. The normalized spacial score (nSPS) is 14.9. The minimum atomic E-state index is -3.70. The first-order valence-electron chi connectivity index (χ1n) is 10.2. The van der Waals surface area contributed by atoms with Gasteiger partial charge in [-0.1, -0.05) is 23.7 Å². The van der Waals surface area contributed by atoms with E-state index < -0.39 is 28.5 Å². The zero-order valence-corrected chi connectivity index (χ0v) is 19.9. The molecule has 1 aliphatic rings. The number of carbonyl (C=O) groups excluding carboxylic acids is 2. The zero-order valence-electron chi connectivity index (χ0n) is 18.3. The molecule has 1 fully saturated rings. The van der Waals surface area contributed by atoms with Crippen LogP contribution in [0, 0.1) is 11.3 Å². The average Bonchev–Trinajstić information content (AvgIpc) is 2.86. The number of amides is 1. The fourth-order valence-corrected chi connectivity index (χ4v) is 4.78. The van der Waals surface area contributed by atoms with Crippen molar-refractivity contribution in [2.24, 2.45) is 0 Å². The number of hydrogen-bond acceptors (Lipinski definition) is 7. The van der Waals surface area contributed by atoms with Crippen molar-refractivity contribution >= 4 is 39.6 Å². The zero-order chi connectivity index (χ0) is 24.7. The average molecular weight is 504 g/mol. The van der Waals surface area contributed by atoms with Crippen LogP contribution in [-0.4, -0.2) is 69.4 Å². The minimum Gasteiger partial charge on any atom is -0.497 e. The number of esters is 1. The van der Waals surface area contributed by atoms with Crippen LogP contribution in [0.15, 0.2) is 59.0 Å². The first-order chi connectivity index (χ1) is 16.2. The minimum absolute atomic E-state index is 0.103. The van der Waals surface area contributed by atoms with E-state index in [1.165, 1.54) is 46.7 Å². The maximum Gasteiger partial charge on any atom is 0.349 e. The molecular weight excluding hydrogens is 482 g/mol. The third kappa shape index (κ3) is 6.14. The lowest BCUT2D eigenvalue weighted by molar-refractivity contribution is -0.149. The standard InChI is InChI=1S/C23H22ClN3O6S/c1-32-20-6-2-17(3-7-20)14-18(15-25)23(29)33-16-22(28)26-10-12-27(13-11-26)34(30,31)21-8-4-19(24)5-9-21/h2-9,14H,10-13,16H2,1H3/b18-14+. The Morgan fingerprint density at radius 1 is 1.06 bits per heavy atom. The summed E-state index contributed by atoms with van der Waals surface area (Å²) >= 11 is 5.82. The van der Waals surface area contributed by atoms with Crippen molar-refractivity contribution in [2.45, 2.75) is 4.90 Å². The van der Waals surface area contributed by atoms with E-state index in [0.717, 1.165) is 0 Å². The molecule has 0 N–H and O–H groups in total. The molecule has 0 saturated carbocycles. The van der Waals surface area contributed by atoms with E-state index in [9.17, 15) is 23.3 Å². The van der Waals surface area contributed by atoms with Crippen LogP contribution < -0.4 is 4.74 Å². The van der Waals surface area contributed by atoms with Gasteiger partial charge in [0.05, 0.1) is 12.0 Å². The summed E-state index contributed by atoms with van der Waals surface area (Å²) in [7, 11) is -2.18. The fraction of sp³-hybridized carbons (Fsp3) is 0.261. The molecule has 11 heteroatoms. The van der Waals surface area contributed by atoms with Crippen molar-refractivity contribution in [3.63, 3.8) is 0 Å². The highest BCUT2D eigenvalue weighted by Crippen LogP contribution is 2.20. The van der Waals surface area contributed by atoms with Gasteiger partial charge in [-0.15, -0.1) is 0 Å². The molecule has 34 heavy (non-hydrogen) atoms. The molecule has 2 aromatic carbocycles. The van der Waals surface area contributed by atoms with Gasteiger partial charge in [0, 0.05) is 31.2 Å². The van der Waals surface area contributed by atoms with E-state index in [4.69, 9.17) is 21.1 Å². The molecule has 0 atom stereocenters. The summed E-state index contributed by atoms with van der Waals surface area (Å²) in [5, 5.41) is 9.71. The van der Waals surface area contributed by atoms with Gasteiger partial charge in [-0.3, -0.25) is 4.79 Å². The van der Waals surface area contributed by atoms with Gasteiger partial charge in [-0.05, 0) is 48.0 Å².